The zero-order valence-electron chi connectivity index (χ0n) is 11.4. The molecule has 0 amide bonds. The van der Waals surface area contributed by atoms with Crippen molar-refractivity contribution >= 4 is 40.2 Å². The first-order chi connectivity index (χ1) is 9.55. The summed E-state index contributed by atoms with van der Waals surface area (Å²) in [5.74, 6) is 1.27. The predicted octanol–water partition coefficient (Wildman–Crippen LogP) is 5.25. The molecule has 0 aliphatic rings. The third-order valence-electron chi connectivity index (χ3n) is 2.87. The minimum absolute atomic E-state index is 0.104. The molecule has 20 heavy (non-hydrogen) atoms. The zero-order valence-corrected chi connectivity index (χ0v) is 13.7. The molecule has 1 N–H and O–H groups in total. The Morgan fingerprint density at radius 3 is 2.35 bits per heavy atom. The van der Waals surface area contributed by atoms with Gasteiger partial charge < -0.3 is 14.8 Å². The Bertz CT molecular complexity index is 601. The number of anilines is 1. The van der Waals surface area contributed by atoms with E-state index in [0.29, 0.717) is 16.5 Å². The minimum atomic E-state index is 0.104. The summed E-state index contributed by atoms with van der Waals surface area (Å²) in [5, 5.41) is 3.90. The highest BCUT2D eigenvalue weighted by Crippen LogP contribution is 2.38. The van der Waals surface area contributed by atoms with E-state index in [1.165, 1.54) is 0 Å². The Labute approximate surface area is 132 Å². The van der Waals surface area contributed by atoms with Crippen LogP contribution in [0.15, 0.2) is 24.3 Å². The molecule has 0 fully saturated rings. The molecule has 1 aromatic carbocycles. The van der Waals surface area contributed by atoms with Crippen molar-refractivity contribution in [2.45, 2.75) is 13.0 Å². The van der Waals surface area contributed by atoms with Crippen LogP contribution in [-0.4, -0.2) is 14.2 Å². The van der Waals surface area contributed by atoms with Crippen LogP contribution in [0.1, 0.15) is 17.8 Å². The summed E-state index contributed by atoms with van der Waals surface area (Å²) >= 11 is 13.6. The van der Waals surface area contributed by atoms with Crippen molar-refractivity contribution < 1.29 is 9.47 Å². The van der Waals surface area contributed by atoms with Gasteiger partial charge in [-0.1, -0.05) is 23.2 Å². The van der Waals surface area contributed by atoms with E-state index in [4.69, 9.17) is 32.7 Å². The van der Waals surface area contributed by atoms with Crippen molar-refractivity contribution in [2.75, 3.05) is 19.5 Å². The minimum Gasteiger partial charge on any atom is -0.495 e. The van der Waals surface area contributed by atoms with Crippen LogP contribution in [0.25, 0.3) is 0 Å². The van der Waals surface area contributed by atoms with Gasteiger partial charge in [-0.15, -0.1) is 11.3 Å². The summed E-state index contributed by atoms with van der Waals surface area (Å²) < 4.78 is 11.3. The molecular weight excluding hydrogens is 317 g/mol. The quantitative estimate of drug-likeness (QED) is 0.812. The molecule has 1 heterocycles. The summed E-state index contributed by atoms with van der Waals surface area (Å²) in [6.45, 7) is 2.06. The molecule has 0 saturated heterocycles. The van der Waals surface area contributed by atoms with Crippen LogP contribution in [0, 0.1) is 0 Å². The SMILES string of the molecule is COc1cc(NC(C)c2ccc(Cl)s2)c(OC)cc1Cl. The molecule has 1 atom stereocenters. The third kappa shape index (κ3) is 3.32. The maximum Gasteiger partial charge on any atom is 0.143 e. The van der Waals surface area contributed by atoms with Crippen LogP contribution in [0.4, 0.5) is 5.69 Å². The first-order valence-electron chi connectivity index (χ1n) is 5.98. The van der Waals surface area contributed by atoms with Crippen LogP contribution in [-0.2, 0) is 0 Å². The van der Waals surface area contributed by atoms with Gasteiger partial charge in [-0.25, -0.2) is 0 Å². The largest absolute Gasteiger partial charge is 0.495 e. The highest BCUT2D eigenvalue weighted by atomic mass is 35.5. The Morgan fingerprint density at radius 1 is 1.10 bits per heavy atom. The van der Waals surface area contributed by atoms with E-state index in [2.05, 4.69) is 12.2 Å². The Balaban J connectivity index is 2.27. The molecule has 0 saturated carbocycles. The van der Waals surface area contributed by atoms with E-state index >= 15 is 0 Å². The second-order valence-electron chi connectivity index (χ2n) is 4.19. The van der Waals surface area contributed by atoms with Crippen molar-refractivity contribution in [3.05, 3.63) is 38.5 Å². The molecule has 2 rings (SSSR count). The number of hydrogen-bond donors (Lipinski definition) is 1. The number of rotatable bonds is 5. The fourth-order valence-corrected chi connectivity index (χ4v) is 3.13. The highest BCUT2D eigenvalue weighted by Gasteiger charge is 2.14. The van der Waals surface area contributed by atoms with Crippen LogP contribution < -0.4 is 14.8 Å². The van der Waals surface area contributed by atoms with E-state index in [9.17, 15) is 0 Å². The maximum atomic E-state index is 6.09. The van der Waals surface area contributed by atoms with E-state index < -0.39 is 0 Å². The van der Waals surface area contributed by atoms with Gasteiger partial charge in [0.25, 0.3) is 0 Å². The van der Waals surface area contributed by atoms with E-state index in [1.54, 1.807) is 31.6 Å². The van der Waals surface area contributed by atoms with Crippen molar-refractivity contribution in [3.8, 4) is 11.5 Å². The molecular formula is C14H15Cl2NO2S. The molecule has 108 valence electrons. The van der Waals surface area contributed by atoms with Gasteiger partial charge in [-0.3, -0.25) is 0 Å². The van der Waals surface area contributed by atoms with Crippen LogP contribution in [0.2, 0.25) is 9.36 Å². The van der Waals surface area contributed by atoms with Gasteiger partial charge in [0.1, 0.15) is 11.5 Å². The average Bonchev–Trinajstić information content (AvgIpc) is 2.87. The van der Waals surface area contributed by atoms with Gasteiger partial charge in [-0.05, 0) is 19.1 Å². The summed E-state index contributed by atoms with van der Waals surface area (Å²) in [6, 6.07) is 7.56. The van der Waals surface area contributed by atoms with Crippen molar-refractivity contribution in [1.29, 1.82) is 0 Å². The second-order valence-corrected chi connectivity index (χ2v) is 6.35. The van der Waals surface area contributed by atoms with Crippen LogP contribution in [0.3, 0.4) is 0 Å². The number of methoxy groups -OCH3 is 2. The van der Waals surface area contributed by atoms with Gasteiger partial charge in [-0.2, -0.15) is 0 Å². The van der Waals surface area contributed by atoms with Crippen LogP contribution in [0.5, 0.6) is 11.5 Å². The van der Waals surface area contributed by atoms with Crippen molar-refractivity contribution in [2.24, 2.45) is 0 Å². The van der Waals surface area contributed by atoms with Crippen molar-refractivity contribution in [1.82, 2.24) is 0 Å². The molecule has 1 unspecified atom stereocenters. The number of thiophene rings is 1. The number of halogens is 2. The number of nitrogens with one attached hydrogen (secondary N) is 1. The highest BCUT2D eigenvalue weighted by molar-refractivity contribution is 7.16. The lowest BCUT2D eigenvalue weighted by molar-refractivity contribution is 0.404. The fourth-order valence-electron chi connectivity index (χ4n) is 1.84. The molecule has 3 nitrogen and oxygen atoms in total. The smallest absolute Gasteiger partial charge is 0.143 e. The molecule has 0 bridgehead atoms. The second kappa shape index (κ2) is 6.57. The number of ether oxygens (including phenoxy) is 2. The summed E-state index contributed by atoms with van der Waals surface area (Å²) in [5.41, 5.74) is 0.825. The van der Waals surface area contributed by atoms with Gasteiger partial charge in [0, 0.05) is 17.0 Å². The van der Waals surface area contributed by atoms with Crippen molar-refractivity contribution in [3.63, 3.8) is 0 Å². The predicted molar refractivity (Wildman–Crippen MR) is 85.9 cm³/mol. The first-order valence-corrected chi connectivity index (χ1v) is 7.55. The summed E-state index contributed by atoms with van der Waals surface area (Å²) in [7, 11) is 3.19. The lowest BCUT2D eigenvalue weighted by Crippen LogP contribution is -2.06. The van der Waals surface area contributed by atoms with Gasteiger partial charge in [0.15, 0.2) is 0 Å². The normalized spacial score (nSPS) is 12.1. The van der Waals surface area contributed by atoms with Gasteiger partial charge >= 0.3 is 0 Å². The number of benzene rings is 1. The molecule has 6 heteroatoms. The molecule has 0 aliphatic carbocycles. The molecule has 2 aromatic rings. The third-order valence-corrected chi connectivity index (χ3v) is 4.58. The van der Waals surface area contributed by atoms with E-state index in [-0.39, 0.29) is 6.04 Å². The van der Waals surface area contributed by atoms with Gasteiger partial charge in [0.2, 0.25) is 0 Å². The Morgan fingerprint density at radius 2 is 1.80 bits per heavy atom. The molecule has 0 radical (unpaired) electrons. The topological polar surface area (TPSA) is 30.5 Å². The number of hydrogen-bond acceptors (Lipinski definition) is 4. The maximum absolute atomic E-state index is 6.09. The monoisotopic (exact) mass is 331 g/mol. The lowest BCUT2D eigenvalue weighted by atomic mass is 10.2. The fraction of sp³-hybridized carbons (Fsp3) is 0.286. The average molecular weight is 332 g/mol. The molecule has 0 aliphatic heterocycles. The standard InChI is InChI=1S/C14H15Cl2NO2S/c1-8(13-4-5-14(16)20-13)17-10-7-11(18-2)9(15)6-12(10)19-3/h4-8,17H,1-3H3. The van der Waals surface area contributed by atoms with Gasteiger partial charge in [0.05, 0.1) is 35.3 Å². The van der Waals surface area contributed by atoms with E-state index in [0.717, 1.165) is 14.9 Å². The summed E-state index contributed by atoms with van der Waals surface area (Å²) in [4.78, 5) is 1.14. The Kier molecular flexibility index (Phi) is 5.02. The van der Waals surface area contributed by atoms with Crippen LogP contribution >= 0.6 is 34.5 Å². The zero-order chi connectivity index (χ0) is 14.7. The summed E-state index contributed by atoms with van der Waals surface area (Å²) in [6.07, 6.45) is 0. The first kappa shape index (κ1) is 15.3. The molecule has 1 aromatic heterocycles. The van der Waals surface area contributed by atoms with E-state index in [1.807, 2.05) is 18.2 Å². The lowest BCUT2D eigenvalue weighted by Gasteiger charge is -2.18. The Hall–Kier alpha value is -1.10. The molecule has 0 spiro atoms.